The van der Waals surface area contributed by atoms with Crippen molar-refractivity contribution in [1.82, 2.24) is 4.98 Å². The molecule has 2 N–H and O–H groups in total. The van der Waals surface area contributed by atoms with Gasteiger partial charge in [-0.25, -0.2) is 4.98 Å². The van der Waals surface area contributed by atoms with E-state index in [1.807, 2.05) is 18.2 Å². The summed E-state index contributed by atoms with van der Waals surface area (Å²) in [5.74, 6) is 0.624. The zero-order valence-corrected chi connectivity index (χ0v) is 10.3. The van der Waals surface area contributed by atoms with Crippen LogP contribution in [0.2, 0.25) is 0 Å². The van der Waals surface area contributed by atoms with Crippen LogP contribution in [0.15, 0.2) is 18.2 Å². The fourth-order valence-electron chi connectivity index (χ4n) is 2.31. The second-order valence-electron chi connectivity index (χ2n) is 4.55. The summed E-state index contributed by atoms with van der Waals surface area (Å²) in [6.45, 7) is 1.10. The predicted molar refractivity (Wildman–Crippen MR) is 65.8 cm³/mol. The van der Waals surface area contributed by atoms with Crippen molar-refractivity contribution in [3.05, 3.63) is 23.9 Å². The van der Waals surface area contributed by atoms with Gasteiger partial charge < -0.3 is 15.2 Å². The number of hydrogen-bond donors (Lipinski definition) is 1. The summed E-state index contributed by atoms with van der Waals surface area (Å²) in [4.78, 5) is 4.33. The first-order chi connectivity index (χ1) is 8.28. The summed E-state index contributed by atoms with van der Waals surface area (Å²) in [6.07, 6.45) is 4.55. The molecule has 94 valence electrons. The van der Waals surface area contributed by atoms with E-state index in [2.05, 4.69) is 4.98 Å². The Morgan fingerprint density at radius 2 is 2.12 bits per heavy atom. The van der Waals surface area contributed by atoms with Crippen LogP contribution in [-0.4, -0.2) is 24.2 Å². The first-order valence-corrected chi connectivity index (χ1v) is 6.12. The Labute approximate surface area is 102 Å². The number of rotatable bonds is 5. The van der Waals surface area contributed by atoms with Crippen LogP contribution in [0.5, 0.6) is 5.88 Å². The average molecular weight is 236 g/mol. The standard InChI is InChI=1S/C13H20N2O2/c1-16-12-6-4-5-11(15-12)9-17-13(10-14)7-2-3-8-13/h4-6H,2-3,7-10,14H2,1H3. The van der Waals surface area contributed by atoms with Gasteiger partial charge >= 0.3 is 0 Å². The molecule has 1 aromatic heterocycles. The Hall–Kier alpha value is -1.13. The Balaban J connectivity index is 1.96. The molecule has 0 amide bonds. The first-order valence-electron chi connectivity index (χ1n) is 6.12. The Morgan fingerprint density at radius 1 is 1.35 bits per heavy atom. The number of hydrogen-bond acceptors (Lipinski definition) is 4. The fourth-order valence-corrected chi connectivity index (χ4v) is 2.31. The van der Waals surface area contributed by atoms with Gasteiger partial charge in [0.1, 0.15) is 0 Å². The van der Waals surface area contributed by atoms with E-state index in [0.717, 1.165) is 18.5 Å². The average Bonchev–Trinajstić information content (AvgIpc) is 2.86. The minimum Gasteiger partial charge on any atom is -0.481 e. The van der Waals surface area contributed by atoms with E-state index in [4.69, 9.17) is 15.2 Å². The molecule has 0 aliphatic heterocycles. The van der Waals surface area contributed by atoms with Crippen molar-refractivity contribution in [2.24, 2.45) is 5.73 Å². The van der Waals surface area contributed by atoms with Crippen LogP contribution in [0.3, 0.4) is 0 Å². The van der Waals surface area contributed by atoms with Gasteiger partial charge in [-0.3, -0.25) is 0 Å². The summed E-state index contributed by atoms with van der Waals surface area (Å²) in [5, 5.41) is 0. The Kier molecular flexibility index (Phi) is 3.97. The van der Waals surface area contributed by atoms with Crippen LogP contribution < -0.4 is 10.5 Å². The van der Waals surface area contributed by atoms with Crippen molar-refractivity contribution in [1.29, 1.82) is 0 Å². The van der Waals surface area contributed by atoms with Gasteiger partial charge in [0.15, 0.2) is 0 Å². The number of nitrogens with two attached hydrogens (primary N) is 1. The van der Waals surface area contributed by atoms with Crippen molar-refractivity contribution in [3.8, 4) is 5.88 Å². The van der Waals surface area contributed by atoms with Gasteiger partial charge in [0.2, 0.25) is 5.88 Å². The van der Waals surface area contributed by atoms with E-state index >= 15 is 0 Å². The SMILES string of the molecule is COc1cccc(COC2(CN)CCCC2)n1. The van der Waals surface area contributed by atoms with Crippen molar-refractivity contribution in [3.63, 3.8) is 0 Å². The maximum absolute atomic E-state index is 5.98. The molecule has 0 bridgehead atoms. The lowest BCUT2D eigenvalue weighted by Crippen LogP contribution is -2.37. The van der Waals surface area contributed by atoms with E-state index in [9.17, 15) is 0 Å². The molecule has 0 unspecified atom stereocenters. The number of nitrogens with zero attached hydrogens (tertiary/aromatic N) is 1. The molecular formula is C13H20N2O2. The van der Waals surface area contributed by atoms with Crippen LogP contribution >= 0.6 is 0 Å². The second kappa shape index (κ2) is 5.47. The molecule has 1 aromatic rings. The molecule has 0 spiro atoms. The number of aromatic nitrogens is 1. The lowest BCUT2D eigenvalue weighted by atomic mass is 10.0. The summed E-state index contributed by atoms with van der Waals surface area (Å²) < 4.78 is 11.1. The highest BCUT2D eigenvalue weighted by Gasteiger charge is 2.33. The minimum atomic E-state index is -0.120. The monoisotopic (exact) mass is 236 g/mol. The molecule has 1 fully saturated rings. The molecule has 0 saturated heterocycles. The van der Waals surface area contributed by atoms with Gasteiger partial charge in [0.25, 0.3) is 0 Å². The van der Waals surface area contributed by atoms with Crippen LogP contribution in [0, 0.1) is 0 Å². The minimum absolute atomic E-state index is 0.120. The van der Waals surface area contributed by atoms with Gasteiger partial charge in [-0.1, -0.05) is 18.9 Å². The molecule has 0 atom stereocenters. The molecule has 17 heavy (non-hydrogen) atoms. The zero-order valence-electron chi connectivity index (χ0n) is 10.3. The molecule has 4 nitrogen and oxygen atoms in total. The van der Waals surface area contributed by atoms with Gasteiger partial charge in [-0.15, -0.1) is 0 Å². The maximum Gasteiger partial charge on any atom is 0.213 e. The lowest BCUT2D eigenvalue weighted by molar-refractivity contribution is -0.0462. The summed E-state index contributed by atoms with van der Waals surface area (Å²) >= 11 is 0. The van der Waals surface area contributed by atoms with E-state index in [1.54, 1.807) is 7.11 Å². The summed E-state index contributed by atoms with van der Waals surface area (Å²) in [7, 11) is 1.62. The zero-order chi connectivity index (χ0) is 12.1. The van der Waals surface area contributed by atoms with Gasteiger partial charge in [-0.05, 0) is 18.9 Å². The normalized spacial score (nSPS) is 18.2. The molecule has 1 aliphatic rings. The lowest BCUT2D eigenvalue weighted by Gasteiger charge is -2.27. The van der Waals surface area contributed by atoms with E-state index in [-0.39, 0.29) is 5.60 Å². The Morgan fingerprint density at radius 3 is 2.76 bits per heavy atom. The summed E-state index contributed by atoms with van der Waals surface area (Å²) in [6, 6.07) is 5.70. The third-order valence-electron chi connectivity index (χ3n) is 3.40. The van der Waals surface area contributed by atoms with Crippen molar-refractivity contribution in [2.45, 2.75) is 37.9 Å². The second-order valence-corrected chi connectivity index (χ2v) is 4.55. The smallest absolute Gasteiger partial charge is 0.213 e. The molecule has 2 rings (SSSR count). The maximum atomic E-state index is 5.98. The van der Waals surface area contributed by atoms with Crippen LogP contribution in [0.1, 0.15) is 31.4 Å². The topological polar surface area (TPSA) is 57.4 Å². The molecular weight excluding hydrogens is 216 g/mol. The van der Waals surface area contributed by atoms with Crippen molar-refractivity contribution >= 4 is 0 Å². The number of ether oxygens (including phenoxy) is 2. The third-order valence-corrected chi connectivity index (χ3v) is 3.40. The molecule has 1 aliphatic carbocycles. The molecule has 4 heteroatoms. The van der Waals surface area contributed by atoms with E-state index in [1.165, 1.54) is 12.8 Å². The highest BCUT2D eigenvalue weighted by molar-refractivity contribution is 5.15. The molecule has 0 radical (unpaired) electrons. The number of pyridine rings is 1. The summed E-state index contributed by atoms with van der Waals surface area (Å²) in [5.41, 5.74) is 6.59. The van der Waals surface area contributed by atoms with Crippen LogP contribution in [0.4, 0.5) is 0 Å². The first kappa shape index (κ1) is 12.3. The number of methoxy groups -OCH3 is 1. The van der Waals surface area contributed by atoms with E-state index < -0.39 is 0 Å². The largest absolute Gasteiger partial charge is 0.481 e. The van der Waals surface area contributed by atoms with Crippen LogP contribution in [-0.2, 0) is 11.3 Å². The van der Waals surface area contributed by atoms with E-state index in [0.29, 0.717) is 19.0 Å². The predicted octanol–water partition coefficient (Wildman–Crippen LogP) is 1.88. The molecule has 0 aromatic carbocycles. The van der Waals surface area contributed by atoms with Gasteiger partial charge in [0.05, 0.1) is 25.0 Å². The molecule has 1 heterocycles. The van der Waals surface area contributed by atoms with Gasteiger partial charge in [0, 0.05) is 12.6 Å². The Bertz CT molecular complexity index is 362. The van der Waals surface area contributed by atoms with Crippen molar-refractivity contribution in [2.75, 3.05) is 13.7 Å². The third kappa shape index (κ3) is 2.96. The fraction of sp³-hybridized carbons (Fsp3) is 0.615. The van der Waals surface area contributed by atoms with Crippen molar-refractivity contribution < 1.29 is 9.47 Å². The highest BCUT2D eigenvalue weighted by Crippen LogP contribution is 2.32. The highest BCUT2D eigenvalue weighted by atomic mass is 16.5. The van der Waals surface area contributed by atoms with Crippen LogP contribution in [0.25, 0.3) is 0 Å². The quantitative estimate of drug-likeness (QED) is 0.848. The molecule has 1 saturated carbocycles. The van der Waals surface area contributed by atoms with Gasteiger partial charge in [-0.2, -0.15) is 0 Å².